The van der Waals surface area contributed by atoms with Crippen LogP contribution in [0.3, 0.4) is 0 Å². The summed E-state index contributed by atoms with van der Waals surface area (Å²) in [5, 5.41) is 14.1. The zero-order chi connectivity index (χ0) is 19.0. The molecule has 0 fully saturated rings. The van der Waals surface area contributed by atoms with E-state index in [1.54, 1.807) is 26.0 Å². The van der Waals surface area contributed by atoms with Gasteiger partial charge >= 0.3 is 5.69 Å². The second kappa shape index (κ2) is 6.89. The minimum atomic E-state index is -3.56. The van der Waals surface area contributed by atoms with Gasteiger partial charge in [0.05, 0.1) is 9.95 Å². The highest BCUT2D eigenvalue weighted by atomic mass is 35.5. The molecule has 2 aromatic rings. The van der Waals surface area contributed by atoms with Gasteiger partial charge in [-0.3, -0.25) is 10.1 Å². The van der Waals surface area contributed by atoms with Crippen molar-refractivity contribution in [3.8, 4) is 0 Å². The number of nitrogens with one attached hydrogen (secondary N) is 1. The monoisotopic (exact) mass is 406 g/mol. The largest absolute Gasteiger partial charge is 0.370 e. The minimum Gasteiger partial charge on any atom is -0.370 e. The van der Waals surface area contributed by atoms with Crippen molar-refractivity contribution in [3.63, 3.8) is 0 Å². The van der Waals surface area contributed by atoms with E-state index in [1.807, 2.05) is 0 Å². The van der Waals surface area contributed by atoms with E-state index in [-0.39, 0.29) is 26.5 Å². The lowest BCUT2D eigenvalue weighted by atomic mass is 9.84. The Morgan fingerprint density at radius 2 is 2.04 bits per heavy atom. The van der Waals surface area contributed by atoms with E-state index in [4.69, 9.17) is 11.6 Å². The van der Waals surface area contributed by atoms with E-state index < -0.39 is 26.0 Å². The second-order valence-electron chi connectivity index (χ2n) is 6.15. The maximum atomic E-state index is 14.2. The van der Waals surface area contributed by atoms with Crippen LogP contribution in [0.4, 0.5) is 15.1 Å². The van der Waals surface area contributed by atoms with Gasteiger partial charge in [-0.15, -0.1) is 0 Å². The molecule has 0 amide bonds. The zero-order valence-electron chi connectivity index (χ0n) is 13.7. The first-order valence-electron chi connectivity index (χ1n) is 7.10. The molecule has 1 heterocycles. The lowest BCUT2D eigenvalue weighted by Gasteiger charge is -2.26. The average molecular weight is 407 g/mol. The predicted octanol–water partition coefficient (Wildman–Crippen LogP) is 4.24. The van der Waals surface area contributed by atoms with Crippen molar-refractivity contribution in [3.05, 3.63) is 50.8 Å². The highest BCUT2D eigenvalue weighted by Gasteiger charge is 2.28. The van der Waals surface area contributed by atoms with E-state index >= 15 is 0 Å². The van der Waals surface area contributed by atoms with Gasteiger partial charge in [-0.1, -0.05) is 48.9 Å². The Hall–Kier alpha value is -1.71. The smallest absolute Gasteiger partial charge is 0.304 e. The maximum absolute atomic E-state index is 14.2. The van der Waals surface area contributed by atoms with Crippen LogP contribution in [0.1, 0.15) is 19.4 Å². The maximum Gasteiger partial charge on any atom is 0.304 e. The van der Waals surface area contributed by atoms with E-state index in [0.29, 0.717) is 5.56 Å². The number of hydrogen-bond donors (Lipinski definition) is 1. The molecule has 1 aromatic heterocycles. The fourth-order valence-corrected chi connectivity index (χ4v) is 4.34. The summed E-state index contributed by atoms with van der Waals surface area (Å²) in [6.45, 7) is 3.66. The van der Waals surface area contributed by atoms with Crippen LogP contribution in [0.5, 0.6) is 0 Å². The molecule has 1 aromatic carbocycles. The zero-order valence-corrected chi connectivity index (χ0v) is 16.1. The van der Waals surface area contributed by atoms with Crippen LogP contribution in [-0.4, -0.2) is 26.1 Å². The lowest BCUT2D eigenvalue weighted by Crippen LogP contribution is -2.28. The highest BCUT2D eigenvalue weighted by molar-refractivity contribution is 7.92. The number of hydrogen-bond acceptors (Lipinski definition) is 6. The molecule has 10 heteroatoms. The van der Waals surface area contributed by atoms with Crippen LogP contribution in [-0.2, 0) is 15.3 Å². The Morgan fingerprint density at radius 3 is 2.60 bits per heavy atom. The molecule has 0 saturated carbocycles. The third kappa shape index (κ3) is 4.28. The molecule has 0 radical (unpaired) electrons. The Morgan fingerprint density at radius 1 is 1.40 bits per heavy atom. The number of thiophene rings is 1. The normalized spacial score (nSPS) is 12.2. The number of anilines is 1. The van der Waals surface area contributed by atoms with Crippen LogP contribution >= 0.6 is 22.9 Å². The molecule has 1 N–H and O–H groups in total. The molecule has 0 aliphatic carbocycles. The fourth-order valence-electron chi connectivity index (χ4n) is 2.23. The molecule has 6 nitrogen and oxygen atoms in total. The third-order valence-electron chi connectivity index (χ3n) is 3.62. The predicted molar refractivity (Wildman–Crippen MR) is 97.0 cm³/mol. The van der Waals surface area contributed by atoms with Gasteiger partial charge in [0, 0.05) is 24.3 Å². The Balaban J connectivity index is 2.33. The van der Waals surface area contributed by atoms with Crippen LogP contribution in [0, 0.1) is 15.9 Å². The van der Waals surface area contributed by atoms with Crippen molar-refractivity contribution in [1.82, 2.24) is 0 Å². The quantitative estimate of drug-likeness (QED) is 0.572. The number of nitrogens with zero attached hydrogens (tertiary/aromatic N) is 1. The summed E-state index contributed by atoms with van der Waals surface area (Å²) in [6, 6.07) is 5.67. The Bertz CT molecular complexity index is 926. The van der Waals surface area contributed by atoms with Crippen molar-refractivity contribution in [1.29, 1.82) is 0 Å². The van der Waals surface area contributed by atoms with Crippen LogP contribution < -0.4 is 5.32 Å². The molecule has 2 rings (SSSR count). The molecule has 0 aliphatic heterocycles. The SMILES string of the molecule is CC(C)(CNc1sc(S(C)(=O)=O)cc1[N+](=O)[O-])c1cccc(Cl)c1F. The summed E-state index contributed by atoms with van der Waals surface area (Å²) < 4.78 is 37.4. The van der Waals surface area contributed by atoms with Crippen molar-refractivity contribution >= 4 is 43.5 Å². The molecular formula is C15H16ClFN2O4S2. The lowest BCUT2D eigenvalue weighted by molar-refractivity contribution is -0.383. The molecule has 0 aliphatic rings. The first kappa shape index (κ1) is 19.6. The van der Waals surface area contributed by atoms with Crippen LogP contribution in [0.15, 0.2) is 28.5 Å². The van der Waals surface area contributed by atoms with Gasteiger partial charge in [0.25, 0.3) is 0 Å². The number of halogens is 2. The molecule has 136 valence electrons. The molecule has 0 saturated heterocycles. The summed E-state index contributed by atoms with van der Waals surface area (Å²) in [6.07, 6.45) is 0.984. The van der Waals surface area contributed by atoms with E-state index in [9.17, 15) is 22.9 Å². The van der Waals surface area contributed by atoms with Gasteiger partial charge in [0.1, 0.15) is 10.0 Å². The van der Waals surface area contributed by atoms with Crippen molar-refractivity contribution in [2.45, 2.75) is 23.5 Å². The molecule has 0 unspecified atom stereocenters. The molecule has 25 heavy (non-hydrogen) atoms. The second-order valence-corrected chi connectivity index (χ2v) is 9.85. The number of rotatable bonds is 6. The van der Waals surface area contributed by atoms with E-state index in [1.165, 1.54) is 6.07 Å². The summed E-state index contributed by atoms with van der Waals surface area (Å²) in [5.74, 6) is -0.548. The van der Waals surface area contributed by atoms with Gasteiger partial charge < -0.3 is 5.32 Å². The highest BCUT2D eigenvalue weighted by Crippen LogP contribution is 2.38. The number of sulfone groups is 1. The summed E-state index contributed by atoms with van der Waals surface area (Å²) in [5.41, 5.74) is -0.708. The van der Waals surface area contributed by atoms with E-state index in [0.717, 1.165) is 23.7 Å². The van der Waals surface area contributed by atoms with Crippen molar-refractivity contribution < 1.29 is 17.7 Å². The van der Waals surface area contributed by atoms with Gasteiger partial charge in [0.15, 0.2) is 14.8 Å². The first-order valence-corrected chi connectivity index (χ1v) is 10.2. The molecular weight excluding hydrogens is 391 g/mol. The minimum absolute atomic E-state index is 0.00737. The topological polar surface area (TPSA) is 89.3 Å². The van der Waals surface area contributed by atoms with Crippen molar-refractivity contribution in [2.75, 3.05) is 18.1 Å². The molecule has 0 spiro atoms. The van der Waals surface area contributed by atoms with Crippen LogP contribution in [0.2, 0.25) is 5.02 Å². The fraction of sp³-hybridized carbons (Fsp3) is 0.333. The summed E-state index contributed by atoms with van der Waals surface area (Å²) >= 11 is 6.59. The number of benzene rings is 1. The average Bonchev–Trinajstić information content (AvgIpc) is 2.92. The van der Waals surface area contributed by atoms with Gasteiger partial charge in [0.2, 0.25) is 0 Å². The third-order valence-corrected chi connectivity index (χ3v) is 6.80. The van der Waals surface area contributed by atoms with Crippen LogP contribution in [0.25, 0.3) is 0 Å². The first-order chi connectivity index (χ1) is 11.4. The van der Waals surface area contributed by atoms with E-state index in [2.05, 4.69) is 5.32 Å². The van der Waals surface area contributed by atoms with Gasteiger partial charge in [-0.2, -0.15) is 0 Å². The van der Waals surface area contributed by atoms with Gasteiger partial charge in [-0.05, 0) is 11.6 Å². The molecule has 0 atom stereocenters. The van der Waals surface area contributed by atoms with Gasteiger partial charge in [-0.25, -0.2) is 12.8 Å². The Labute approximate surface area is 153 Å². The number of nitro groups is 1. The standard InChI is InChI=1S/C15H16ClFN2O4S2/c1-15(2,9-5-4-6-10(16)13(9)17)8-18-14-11(19(20)21)7-12(24-14)25(3,22)23/h4-7,18H,8H2,1-3H3. The van der Waals surface area contributed by atoms with Crippen molar-refractivity contribution in [2.24, 2.45) is 0 Å². The summed E-state index contributed by atoms with van der Waals surface area (Å²) in [4.78, 5) is 10.5. The Kier molecular flexibility index (Phi) is 5.41. The summed E-state index contributed by atoms with van der Waals surface area (Å²) in [7, 11) is -3.56. The molecule has 0 bridgehead atoms.